The molecular weight excluding hydrogens is 414 g/mol. The Morgan fingerprint density at radius 2 is 1.74 bits per heavy atom. The van der Waals surface area contributed by atoms with E-state index in [-0.39, 0.29) is 5.91 Å². The molecule has 0 spiro atoms. The summed E-state index contributed by atoms with van der Waals surface area (Å²) in [6.45, 7) is 1.99. The van der Waals surface area contributed by atoms with E-state index in [1.54, 1.807) is 42.6 Å². The lowest BCUT2D eigenvalue weighted by atomic mass is 10.1. The minimum Gasteiger partial charge on any atom is -0.497 e. The van der Waals surface area contributed by atoms with Gasteiger partial charge in [0.15, 0.2) is 0 Å². The molecular formula is C24H20ClN3O3. The molecule has 0 aliphatic carbocycles. The number of para-hydroxylation sites is 1. The summed E-state index contributed by atoms with van der Waals surface area (Å²) in [4.78, 5) is 22.1. The van der Waals surface area contributed by atoms with Crippen LogP contribution in [0.15, 0.2) is 60.8 Å². The fourth-order valence-electron chi connectivity index (χ4n) is 3.24. The van der Waals surface area contributed by atoms with Gasteiger partial charge in [-0.25, -0.2) is 4.98 Å². The first-order valence-electron chi connectivity index (χ1n) is 9.55. The molecule has 0 aliphatic rings. The minimum atomic E-state index is -0.300. The Balaban J connectivity index is 1.67. The van der Waals surface area contributed by atoms with Gasteiger partial charge in [0.05, 0.1) is 42.2 Å². The number of fused-ring (bicyclic) bond motifs is 1. The number of carbonyl (C=O) groups is 1. The van der Waals surface area contributed by atoms with Crippen molar-refractivity contribution in [2.24, 2.45) is 0 Å². The van der Waals surface area contributed by atoms with Gasteiger partial charge < -0.3 is 14.8 Å². The fourth-order valence-corrected chi connectivity index (χ4v) is 3.46. The summed E-state index contributed by atoms with van der Waals surface area (Å²) in [5, 5.41) is 3.41. The Kier molecular flexibility index (Phi) is 5.73. The second kappa shape index (κ2) is 8.62. The molecule has 31 heavy (non-hydrogen) atoms. The molecule has 0 saturated heterocycles. The number of nitrogens with one attached hydrogen (secondary N) is 1. The van der Waals surface area contributed by atoms with Gasteiger partial charge in [-0.2, -0.15) is 0 Å². The molecule has 0 saturated carbocycles. The molecule has 1 aromatic heterocycles. The van der Waals surface area contributed by atoms with Crippen LogP contribution in [0.4, 0.5) is 5.69 Å². The summed E-state index contributed by atoms with van der Waals surface area (Å²) in [6, 6.07) is 16.1. The first-order valence-corrected chi connectivity index (χ1v) is 9.93. The molecule has 6 nitrogen and oxygen atoms in total. The van der Waals surface area contributed by atoms with Crippen LogP contribution in [-0.4, -0.2) is 30.1 Å². The van der Waals surface area contributed by atoms with Crippen molar-refractivity contribution in [1.29, 1.82) is 0 Å². The lowest BCUT2D eigenvalue weighted by molar-refractivity contribution is 0.102. The highest BCUT2D eigenvalue weighted by Crippen LogP contribution is 2.31. The molecule has 1 heterocycles. The normalized spacial score (nSPS) is 10.7. The number of anilines is 1. The van der Waals surface area contributed by atoms with Crippen LogP contribution in [0.1, 0.15) is 15.9 Å². The topological polar surface area (TPSA) is 73.3 Å². The van der Waals surface area contributed by atoms with E-state index in [9.17, 15) is 4.79 Å². The van der Waals surface area contributed by atoms with Crippen molar-refractivity contribution < 1.29 is 14.3 Å². The van der Waals surface area contributed by atoms with Gasteiger partial charge in [-0.05, 0) is 48.9 Å². The highest BCUT2D eigenvalue weighted by Gasteiger charge is 2.13. The number of halogens is 1. The van der Waals surface area contributed by atoms with E-state index in [0.29, 0.717) is 39.0 Å². The van der Waals surface area contributed by atoms with E-state index in [4.69, 9.17) is 26.1 Å². The smallest absolute Gasteiger partial charge is 0.255 e. The van der Waals surface area contributed by atoms with Gasteiger partial charge in [-0.3, -0.25) is 9.78 Å². The maximum absolute atomic E-state index is 12.8. The molecule has 1 amide bonds. The van der Waals surface area contributed by atoms with Gasteiger partial charge in [-0.15, -0.1) is 0 Å². The third-order valence-electron chi connectivity index (χ3n) is 4.89. The third-order valence-corrected chi connectivity index (χ3v) is 5.22. The van der Waals surface area contributed by atoms with E-state index in [1.165, 1.54) is 14.2 Å². The molecule has 4 rings (SSSR count). The molecule has 0 bridgehead atoms. The fraction of sp³-hybridized carbons (Fsp3) is 0.125. The third kappa shape index (κ3) is 4.29. The quantitative estimate of drug-likeness (QED) is 0.448. The molecule has 0 atom stereocenters. The average molecular weight is 434 g/mol. The number of hydrogen-bond donors (Lipinski definition) is 1. The lowest BCUT2D eigenvalue weighted by Gasteiger charge is -2.11. The minimum absolute atomic E-state index is 0.300. The Bertz CT molecular complexity index is 1270. The average Bonchev–Trinajstić information content (AvgIpc) is 2.80. The van der Waals surface area contributed by atoms with Crippen molar-refractivity contribution in [2.75, 3.05) is 19.5 Å². The number of aromatic nitrogens is 2. The zero-order valence-electron chi connectivity index (χ0n) is 17.3. The Morgan fingerprint density at radius 3 is 2.45 bits per heavy atom. The largest absolute Gasteiger partial charge is 0.497 e. The predicted octanol–water partition coefficient (Wildman–Crippen LogP) is 5.53. The highest BCUT2D eigenvalue weighted by atomic mass is 35.5. The van der Waals surface area contributed by atoms with Crippen LogP contribution in [0, 0.1) is 6.92 Å². The number of amides is 1. The summed E-state index contributed by atoms with van der Waals surface area (Å²) >= 11 is 6.44. The van der Waals surface area contributed by atoms with Crippen molar-refractivity contribution in [1.82, 2.24) is 9.97 Å². The molecule has 0 radical (unpaired) electrons. The molecule has 4 aromatic rings. The van der Waals surface area contributed by atoms with Crippen LogP contribution in [0.3, 0.4) is 0 Å². The Hall–Kier alpha value is -3.64. The van der Waals surface area contributed by atoms with Crippen LogP contribution in [0.25, 0.3) is 22.3 Å². The van der Waals surface area contributed by atoms with Crippen molar-refractivity contribution in [3.63, 3.8) is 0 Å². The van der Waals surface area contributed by atoms with Gasteiger partial charge in [0.2, 0.25) is 0 Å². The summed E-state index contributed by atoms with van der Waals surface area (Å²) in [7, 11) is 3.07. The van der Waals surface area contributed by atoms with Gasteiger partial charge in [0.1, 0.15) is 11.5 Å². The Morgan fingerprint density at radius 1 is 1.00 bits per heavy atom. The van der Waals surface area contributed by atoms with Gasteiger partial charge in [0, 0.05) is 22.9 Å². The molecule has 3 aromatic carbocycles. The van der Waals surface area contributed by atoms with Crippen LogP contribution in [-0.2, 0) is 0 Å². The number of ether oxygens (including phenoxy) is 2. The second-order valence-electron chi connectivity index (χ2n) is 6.95. The standard InChI is InChI=1S/C24H20ClN3O3/c1-14-5-4-6-21-23(14)28-22(13-26-21)19-11-16(7-8-20(19)25)27-24(29)15-9-17(30-2)12-18(10-15)31-3/h4-13H,1-3H3,(H,27,29). The maximum atomic E-state index is 12.8. The molecule has 7 heteroatoms. The van der Waals surface area contributed by atoms with Gasteiger partial charge in [-0.1, -0.05) is 23.7 Å². The van der Waals surface area contributed by atoms with E-state index in [2.05, 4.69) is 10.3 Å². The number of carbonyl (C=O) groups excluding carboxylic acids is 1. The SMILES string of the molecule is COc1cc(OC)cc(C(=O)Nc2ccc(Cl)c(-c3cnc4cccc(C)c4n3)c2)c1. The van der Waals surface area contributed by atoms with Crippen LogP contribution >= 0.6 is 11.6 Å². The van der Waals surface area contributed by atoms with Crippen molar-refractivity contribution in [3.8, 4) is 22.8 Å². The Labute approximate surface area is 184 Å². The molecule has 0 fully saturated rings. The number of aryl methyl sites for hydroxylation is 1. The summed E-state index contributed by atoms with van der Waals surface area (Å²) in [5.74, 6) is 0.761. The lowest BCUT2D eigenvalue weighted by Crippen LogP contribution is -2.12. The maximum Gasteiger partial charge on any atom is 0.255 e. The van der Waals surface area contributed by atoms with E-state index in [0.717, 1.165) is 16.6 Å². The number of rotatable bonds is 5. The number of nitrogens with zero attached hydrogens (tertiary/aromatic N) is 2. The van der Waals surface area contributed by atoms with Crippen molar-refractivity contribution in [3.05, 3.63) is 76.9 Å². The summed E-state index contributed by atoms with van der Waals surface area (Å²) in [6.07, 6.45) is 1.68. The highest BCUT2D eigenvalue weighted by molar-refractivity contribution is 6.33. The van der Waals surface area contributed by atoms with E-state index >= 15 is 0 Å². The number of benzene rings is 3. The second-order valence-corrected chi connectivity index (χ2v) is 7.36. The molecule has 156 valence electrons. The first-order chi connectivity index (χ1) is 15.0. The monoisotopic (exact) mass is 433 g/mol. The summed E-state index contributed by atoms with van der Waals surface area (Å²) < 4.78 is 10.5. The predicted molar refractivity (Wildman–Crippen MR) is 122 cm³/mol. The zero-order chi connectivity index (χ0) is 22.0. The van der Waals surface area contributed by atoms with Crippen molar-refractivity contribution in [2.45, 2.75) is 6.92 Å². The van der Waals surface area contributed by atoms with Crippen molar-refractivity contribution >= 4 is 34.2 Å². The summed E-state index contributed by atoms with van der Waals surface area (Å²) in [5.41, 5.74) is 4.96. The van der Waals surface area contributed by atoms with Crippen LogP contribution < -0.4 is 14.8 Å². The van der Waals surface area contributed by atoms with Gasteiger partial charge >= 0.3 is 0 Å². The van der Waals surface area contributed by atoms with E-state index < -0.39 is 0 Å². The van der Waals surface area contributed by atoms with Crippen LogP contribution in [0.5, 0.6) is 11.5 Å². The van der Waals surface area contributed by atoms with E-state index in [1.807, 2.05) is 25.1 Å². The first kappa shape index (κ1) is 20.6. The molecule has 0 unspecified atom stereocenters. The van der Waals surface area contributed by atoms with Gasteiger partial charge in [0.25, 0.3) is 5.91 Å². The van der Waals surface area contributed by atoms with Crippen LogP contribution in [0.2, 0.25) is 5.02 Å². The molecule has 0 aliphatic heterocycles. The zero-order valence-corrected chi connectivity index (χ0v) is 18.0. The molecule has 1 N–H and O–H groups in total. The number of methoxy groups -OCH3 is 2. The number of hydrogen-bond acceptors (Lipinski definition) is 5.